The lowest BCUT2D eigenvalue weighted by atomic mass is 10.0. The second-order valence-electron chi connectivity index (χ2n) is 5.86. The van der Waals surface area contributed by atoms with Crippen LogP contribution in [0.25, 0.3) is 10.8 Å². The molecule has 3 aromatic rings. The van der Waals surface area contributed by atoms with Crippen LogP contribution in [0.2, 0.25) is 0 Å². The van der Waals surface area contributed by atoms with Gasteiger partial charge in [0.25, 0.3) is 0 Å². The van der Waals surface area contributed by atoms with Gasteiger partial charge in [0.2, 0.25) is 0 Å². The summed E-state index contributed by atoms with van der Waals surface area (Å²) in [4.78, 5) is 24.4. The minimum absolute atomic E-state index is 0.223. The van der Waals surface area contributed by atoms with E-state index < -0.39 is 15.8 Å². The van der Waals surface area contributed by atoms with Gasteiger partial charge in [0.15, 0.2) is 22.2 Å². The molecule has 6 heteroatoms. The van der Waals surface area contributed by atoms with Crippen LogP contribution in [0.4, 0.5) is 0 Å². The van der Waals surface area contributed by atoms with E-state index in [2.05, 4.69) is 0 Å². The summed E-state index contributed by atoms with van der Waals surface area (Å²) in [6, 6.07) is 18.1. The number of Topliss-reactive ketones (excluding diaryl/α,β-unsaturated/α-hetero) is 1. The second-order valence-corrected chi connectivity index (χ2v) is 7.88. The molecule has 0 fully saturated rings. The summed E-state index contributed by atoms with van der Waals surface area (Å²) in [5, 5.41) is 1.45. The van der Waals surface area contributed by atoms with Crippen molar-refractivity contribution in [3.63, 3.8) is 0 Å². The van der Waals surface area contributed by atoms with Crippen LogP contribution in [0.3, 0.4) is 0 Å². The average Bonchev–Trinajstić information content (AvgIpc) is 2.65. The summed E-state index contributed by atoms with van der Waals surface area (Å²) in [6.45, 7) is -0.360. The van der Waals surface area contributed by atoms with Crippen LogP contribution in [0, 0.1) is 0 Å². The molecule has 0 N–H and O–H groups in total. The Kier molecular flexibility index (Phi) is 4.86. The zero-order valence-electron chi connectivity index (χ0n) is 14.0. The van der Waals surface area contributed by atoms with Crippen molar-refractivity contribution >= 4 is 32.4 Å². The SMILES string of the molecule is CS(=O)(=O)c1ccc2cc(C(=O)COC(=O)c3ccccc3)ccc2c1. The molecule has 0 unspecified atom stereocenters. The quantitative estimate of drug-likeness (QED) is 0.510. The van der Waals surface area contributed by atoms with E-state index in [1.165, 1.54) is 6.07 Å². The summed E-state index contributed by atoms with van der Waals surface area (Å²) in [7, 11) is -3.29. The smallest absolute Gasteiger partial charge is 0.338 e. The van der Waals surface area contributed by atoms with Crippen molar-refractivity contribution in [2.75, 3.05) is 12.9 Å². The minimum atomic E-state index is -3.29. The van der Waals surface area contributed by atoms with Crippen LogP contribution in [0.5, 0.6) is 0 Å². The number of fused-ring (bicyclic) bond motifs is 1. The molecule has 0 spiro atoms. The molecule has 0 amide bonds. The standard InChI is InChI=1S/C20H16O5S/c1-26(23,24)18-10-9-15-11-17(8-7-16(15)12-18)19(21)13-25-20(22)14-5-3-2-4-6-14/h2-12H,13H2,1H3. The summed E-state index contributed by atoms with van der Waals surface area (Å²) in [5.74, 6) is -0.888. The van der Waals surface area contributed by atoms with Crippen molar-refractivity contribution in [2.24, 2.45) is 0 Å². The maximum absolute atomic E-state index is 12.3. The Morgan fingerprint density at radius 2 is 1.50 bits per heavy atom. The Morgan fingerprint density at radius 1 is 0.846 bits per heavy atom. The number of benzene rings is 3. The molecular weight excluding hydrogens is 352 g/mol. The number of ether oxygens (including phenoxy) is 1. The highest BCUT2D eigenvalue weighted by molar-refractivity contribution is 7.90. The Hall–Kier alpha value is -2.99. The van der Waals surface area contributed by atoms with Crippen molar-refractivity contribution in [2.45, 2.75) is 4.90 Å². The summed E-state index contributed by atoms with van der Waals surface area (Å²) in [6.07, 6.45) is 1.15. The highest BCUT2D eigenvalue weighted by Gasteiger charge is 2.13. The van der Waals surface area contributed by atoms with E-state index in [1.807, 2.05) is 0 Å². The average molecular weight is 368 g/mol. The van der Waals surface area contributed by atoms with Crippen molar-refractivity contribution in [1.82, 2.24) is 0 Å². The lowest BCUT2D eigenvalue weighted by Gasteiger charge is -2.06. The normalized spacial score (nSPS) is 11.3. The molecule has 0 heterocycles. The zero-order valence-corrected chi connectivity index (χ0v) is 14.8. The van der Waals surface area contributed by atoms with Gasteiger partial charge < -0.3 is 4.74 Å². The molecule has 0 saturated heterocycles. The van der Waals surface area contributed by atoms with Crippen molar-refractivity contribution in [1.29, 1.82) is 0 Å². The fraction of sp³-hybridized carbons (Fsp3) is 0.100. The molecule has 0 bridgehead atoms. The van der Waals surface area contributed by atoms with E-state index >= 15 is 0 Å². The van der Waals surface area contributed by atoms with E-state index in [1.54, 1.807) is 60.7 Å². The molecule has 0 radical (unpaired) electrons. The molecule has 0 saturated carbocycles. The number of esters is 1. The van der Waals surface area contributed by atoms with Gasteiger partial charge in [-0.05, 0) is 41.1 Å². The van der Waals surface area contributed by atoms with Gasteiger partial charge in [-0.3, -0.25) is 4.79 Å². The van der Waals surface area contributed by atoms with Crippen molar-refractivity contribution in [3.8, 4) is 0 Å². The first kappa shape index (κ1) is 17.8. The van der Waals surface area contributed by atoms with E-state index in [0.29, 0.717) is 16.5 Å². The van der Waals surface area contributed by atoms with Crippen LogP contribution in [-0.2, 0) is 14.6 Å². The molecule has 3 rings (SSSR count). The Labute approximate surface area is 151 Å². The third kappa shape index (κ3) is 3.97. The van der Waals surface area contributed by atoms with Crippen molar-refractivity contribution in [3.05, 3.63) is 77.9 Å². The molecule has 132 valence electrons. The van der Waals surface area contributed by atoms with Gasteiger partial charge in [-0.25, -0.2) is 13.2 Å². The summed E-state index contributed by atoms with van der Waals surface area (Å²) < 4.78 is 28.3. The lowest BCUT2D eigenvalue weighted by Crippen LogP contribution is -2.14. The molecule has 5 nitrogen and oxygen atoms in total. The molecular formula is C20H16O5S. The summed E-state index contributed by atoms with van der Waals surface area (Å²) >= 11 is 0. The van der Waals surface area contributed by atoms with Crippen LogP contribution < -0.4 is 0 Å². The zero-order chi connectivity index (χ0) is 18.7. The van der Waals surface area contributed by atoms with Crippen LogP contribution in [0.15, 0.2) is 71.6 Å². The number of ketones is 1. The molecule has 0 aliphatic heterocycles. The maximum Gasteiger partial charge on any atom is 0.338 e. The van der Waals surface area contributed by atoms with Gasteiger partial charge in [-0.1, -0.05) is 36.4 Å². The van der Waals surface area contributed by atoms with Crippen LogP contribution >= 0.6 is 0 Å². The Morgan fingerprint density at radius 3 is 2.19 bits per heavy atom. The number of hydrogen-bond donors (Lipinski definition) is 0. The predicted octanol–water partition coefficient (Wildman–Crippen LogP) is 3.28. The van der Waals surface area contributed by atoms with Gasteiger partial charge in [0, 0.05) is 11.8 Å². The monoisotopic (exact) mass is 368 g/mol. The first-order chi connectivity index (χ1) is 12.3. The minimum Gasteiger partial charge on any atom is -0.454 e. The van der Waals surface area contributed by atoms with Crippen LogP contribution in [0.1, 0.15) is 20.7 Å². The van der Waals surface area contributed by atoms with E-state index in [4.69, 9.17) is 4.74 Å². The third-order valence-corrected chi connectivity index (χ3v) is 5.02. The predicted molar refractivity (Wildman–Crippen MR) is 98.1 cm³/mol. The van der Waals surface area contributed by atoms with Gasteiger partial charge >= 0.3 is 5.97 Å². The molecule has 3 aromatic carbocycles. The van der Waals surface area contributed by atoms with Gasteiger partial charge in [-0.15, -0.1) is 0 Å². The number of sulfone groups is 1. The molecule has 0 aromatic heterocycles. The molecule has 0 atom stereocenters. The lowest BCUT2D eigenvalue weighted by molar-refractivity contribution is 0.0475. The molecule has 0 aliphatic carbocycles. The Balaban J connectivity index is 1.75. The number of hydrogen-bond acceptors (Lipinski definition) is 5. The first-order valence-electron chi connectivity index (χ1n) is 7.84. The Bertz CT molecular complexity index is 1090. The highest BCUT2D eigenvalue weighted by atomic mass is 32.2. The number of rotatable bonds is 5. The number of carbonyl (C=O) groups is 2. The second kappa shape index (κ2) is 7.09. The third-order valence-electron chi connectivity index (χ3n) is 3.91. The van der Waals surface area contributed by atoms with Crippen LogP contribution in [-0.4, -0.2) is 33.0 Å². The number of carbonyl (C=O) groups excluding carboxylic acids is 2. The maximum atomic E-state index is 12.3. The fourth-order valence-corrected chi connectivity index (χ4v) is 3.16. The first-order valence-corrected chi connectivity index (χ1v) is 9.73. The van der Waals surface area contributed by atoms with Gasteiger partial charge in [-0.2, -0.15) is 0 Å². The van der Waals surface area contributed by atoms with Gasteiger partial charge in [0.1, 0.15) is 0 Å². The molecule has 26 heavy (non-hydrogen) atoms. The topological polar surface area (TPSA) is 77.5 Å². The van der Waals surface area contributed by atoms with Crippen molar-refractivity contribution < 1.29 is 22.7 Å². The summed E-state index contributed by atoms with van der Waals surface area (Å²) in [5.41, 5.74) is 0.776. The highest BCUT2D eigenvalue weighted by Crippen LogP contribution is 2.21. The van der Waals surface area contributed by atoms with Gasteiger partial charge in [0.05, 0.1) is 10.5 Å². The van der Waals surface area contributed by atoms with E-state index in [9.17, 15) is 18.0 Å². The fourth-order valence-electron chi connectivity index (χ4n) is 2.50. The van der Waals surface area contributed by atoms with E-state index in [-0.39, 0.29) is 17.3 Å². The van der Waals surface area contributed by atoms with E-state index in [0.717, 1.165) is 11.6 Å². The molecule has 0 aliphatic rings. The largest absolute Gasteiger partial charge is 0.454 e.